The molecular formula is C15H17NO3S. The molecule has 0 saturated heterocycles. The van der Waals surface area contributed by atoms with Gasteiger partial charge in [0.15, 0.2) is 0 Å². The standard InChI is InChI=1S/C15H17NO3S/c1-4-7-16(9-15(18)19)14(17)10-20-13-8-11(2)5-6-12(13)3/h1,5-6,8H,7,9-10H2,2-3H3,(H,18,19). The first-order valence-corrected chi connectivity index (χ1v) is 7.05. The molecule has 1 N–H and O–H groups in total. The number of carboxylic acid groups (broad SMARTS) is 1. The smallest absolute Gasteiger partial charge is 0.323 e. The fraction of sp³-hybridized carbons (Fsp3) is 0.333. The highest BCUT2D eigenvalue weighted by Crippen LogP contribution is 2.23. The van der Waals surface area contributed by atoms with Gasteiger partial charge in [0, 0.05) is 4.90 Å². The molecule has 1 rings (SSSR count). The maximum atomic E-state index is 12.0. The second-order valence-corrected chi connectivity index (χ2v) is 5.42. The molecule has 0 saturated carbocycles. The lowest BCUT2D eigenvalue weighted by atomic mass is 10.2. The number of amides is 1. The van der Waals surface area contributed by atoms with Crippen molar-refractivity contribution < 1.29 is 14.7 Å². The van der Waals surface area contributed by atoms with Crippen LogP contribution in [0.5, 0.6) is 0 Å². The van der Waals surface area contributed by atoms with Gasteiger partial charge < -0.3 is 10.0 Å². The number of terminal acetylenes is 1. The third kappa shape index (κ3) is 4.98. The maximum absolute atomic E-state index is 12.0. The summed E-state index contributed by atoms with van der Waals surface area (Å²) >= 11 is 1.40. The van der Waals surface area contributed by atoms with Gasteiger partial charge in [0.05, 0.1) is 12.3 Å². The van der Waals surface area contributed by atoms with Crippen LogP contribution in [-0.4, -0.2) is 40.7 Å². The van der Waals surface area contributed by atoms with Gasteiger partial charge in [-0.15, -0.1) is 18.2 Å². The van der Waals surface area contributed by atoms with Gasteiger partial charge in [-0.2, -0.15) is 0 Å². The molecule has 0 atom stereocenters. The van der Waals surface area contributed by atoms with E-state index in [-0.39, 0.29) is 24.7 Å². The van der Waals surface area contributed by atoms with Gasteiger partial charge in [-0.1, -0.05) is 23.6 Å². The molecule has 5 heteroatoms. The maximum Gasteiger partial charge on any atom is 0.323 e. The van der Waals surface area contributed by atoms with Crippen molar-refractivity contribution in [2.24, 2.45) is 0 Å². The predicted octanol–water partition coefficient (Wildman–Crippen LogP) is 1.94. The Labute approximate surface area is 123 Å². The minimum atomic E-state index is -1.06. The zero-order valence-electron chi connectivity index (χ0n) is 11.5. The van der Waals surface area contributed by atoms with Crippen LogP contribution in [0, 0.1) is 26.2 Å². The van der Waals surface area contributed by atoms with E-state index < -0.39 is 5.97 Å². The number of carboxylic acids is 1. The number of hydrogen-bond donors (Lipinski definition) is 1. The first-order chi connectivity index (χ1) is 9.43. The van der Waals surface area contributed by atoms with Crippen molar-refractivity contribution in [2.75, 3.05) is 18.8 Å². The summed E-state index contributed by atoms with van der Waals surface area (Å²) in [6.45, 7) is 3.61. The van der Waals surface area contributed by atoms with Crippen molar-refractivity contribution in [3.05, 3.63) is 29.3 Å². The first-order valence-electron chi connectivity index (χ1n) is 6.07. The lowest BCUT2D eigenvalue weighted by molar-refractivity contribution is -0.143. The molecule has 0 fully saturated rings. The molecule has 0 bridgehead atoms. The van der Waals surface area contributed by atoms with Gasteiger partial charge in [0.1, 0.15) is 6.54 Å². The van der Waals surface area contributed by atoms with Crippen LogP contribution in [0.4, 0.5) is 0 Å². The summed E-state index contributed by atoms with van der Waals surface area (Å²) in [7, 11) is 0. The predicted molar refractivity (Wildman–Crippen MR) is 79.7 cm³/mol. The monoisotopic (exact) mass is 291 g/mol. The third-order valence-electron chi connectivity index (χ3n) is 2.66. The molecule has 0 aliphatic rings. The third-order valence-corrected chi connectivity index (χ3v) is 3.80. The summed E-state index contributed by atoms with van der Waals surface area (Å²) in [6, 6.07) is 6.02. The van der Waals surface area contributed by atoms with Crippen molar-refractivity contribution in [3.63, 3.8) is 0 Å². The van der Waals surface area contributed by atoms with Crippen LogP contribution in [0.2, 0.25) is 0 Å². The summed E-state index contributed by atoms with van der Waals surface area (Å²) in [6.07, 6.45) is 5.15. The number of aliphatic carboxylic acids is 1. The van der Waals surface area contributed by atoms with Crippen LogP contribution < -0.4 is 0 Å². The summed E-state index contributed by atoms with van der Waals surface area (Å²) in [4.78, 5) is 24.9. The molecule has 1 aromatic carbocycles. The van der Waals surface area contributed by atoms with E-state index in [9.17, 15) is 9.59 Å². The molecule has 0 aromatic heterocycles. The lowest BCUT2D eigenvalue weighted by Gasteiger charge is -2.17. The number of hydrogen-bond acceptors (Lipinski definition) is 3. The fourth-order valence-corrected chi connectivity index (χ4v) is 2.63. The second-order valence-electron chi connectivity index (χ2n) is 4.41. The zero-order chi connectivity index (χ0) is 15.1. The van der Waals surface area contributed by atoms with Crippen LogP contribution >= 0.6 is 11.8 Å². The van der Waals surface area contributed by atoms with E-state index in [1.54, 1.807) is 0 Å². The first kappa shape index (κ1) is 16.1. The Morgan fingerprint density at radius 3 is 2.70 bits per heavy atom. The van der Waals surface area contributed by atoms with E-state index in [2.05, 4.69) is 5.92 Å². The quantitative estimate of drug-likeness (QED) is 0.643. The van der Waals surface area contributed by atoms with Gasteiger partial charge >= 0.3 is 5.97 Å². The number of aryl methyl sites for hydroxylation is 2. The minimum absolute atomic E-state index is 0.0124. The van der Waals surface area contributed by atoms with Crippen molar-refractivity contribution >= 4 is 23.6 Å². The molecule has 0 aliphatic heterocycles. The van der Waals surface area contributed by atoms with Gasteiger partial charge in [0.2, 0.25) is 5.91 Å². The Morgan fingerprint density at radius 1 is 1.40 bits per heavy atom. The molecule has 0 heterocycles. The average Bonchev–Trinajstić information content (AvgIpc) is 2.38. The normalized spacial score (nSPS) is 9.85. The SMILES string of the molecule is C#CCN(CC(=O)O)C(=O)CSc1cc(C)ccc1C. The molecule has 106 valence electrons. The van der Waals surface area contributed by atoms with E-state index in [1.165, 1.54) is 16.7 Å². The van der Waals surface area contributed by atoms with Gasteiger partial charge in [-0.05, 0) is 25.5 Å². The van der Waals surface area contributed by atoms with Crippen LogP contribution in [0.3, 0.4) is 0 Å². The van der Waals surface area contributed by atoms with E-state index in [0.717, 1.165) is 16.0 Å². The molecular weight excluding hydrogens is 274 g/mol. The van der Waals surface area contributed by atoms with Gasteiger partial charge in [0.25, 0.3) is 0 Å². The molecule has 0 aliphatic carbocycles. The van der Waals surface area contributed by atoms with Crippen molar-refractivity contribution in [3.8, 4) is 12.3 Å². The molecule has 0 radical (unpaired) electrons. The molecule has 4 nitrogen and oxygen atoms in total. The Kier molecular flexibility index (Phi) is 6.13. The topological polar surface area (TPSA) is 57.6 Å². The number of carbonyl (C=O) groups is 2. The average molecular weight is 291 g/mol. The highest BCUT2D eigenvalue weighted by Gasteiger charge is 2.16. The van der Waals surface area contributed by atoms with Gasteiger partial charge in [-0.25, -0.2) is 0 Å². The van der Waals surface area contributed by atoms with Crippen LogP contribution in [0.15, 0.2) is 23.1 Å². The second kappa shape index (κ2) is 7.61. The van der Waals surface area contributed by atoms with E-state index in [4.69, 9.17) is 11.5 Å². The number of nitrogens with zero attached hydrogens (tertiary/aromatic N) is 1. The van der Waals surface area contributed by atoms with E-state index in [0.29, 0.717) is 0 Å². The molecule has 1 aromatic rings. The van der Waals surface area contributed by atoms with E-state index >= 15 is 0 Å². The molecule has 0 unspecified atom stereocenters. The fourth-order valence-electron chi connectivity index (χ4n) is 1.60. The van der Waals surface area contributed by atoms with Crippen LogP contribution in [-0.2, 0) is 9.59 Å². The van der Waals surface area contributed by atoms with Crippen molar-refractivity contribution in [2.45, 2.75) is 18.7 Å². The Bertz CT molecular complexity index is 549. The van der Waals surface area contributed by atoms with Crippen molar-refractivity contribution in [1.29, 1.82) is 0 Å². The number of thioether (sulfide) groups is 1. The Morgan fingerprint density at radius 2 is 2.10 bits per heavy atom. The zero-order valence-corrected chi connectivity index (χ0v) is 12.4. The highest BCUT2D eigenvalue weighted by atomic mass is 32.2. The minimum Gasteiger partial charge on any atom is -0.480 e. The largest absolute Gasteiger partial charge is 0.480 e. The number of benzene rings is 1. The summed E-state index contributed by atoms with van der Waals surface area (Å²) in [5, 5.41) is 8.76. The molecule has 1 amide bonds. The van der Waals surface area contributed by atoms with Crippen LogP contribution in [0.25, 0.3) is 0 Å². The Hall–Kier alpha value is -1.93. The van der Waals surface area contributed by atoms with Gasteiger partial charge in [-0.3, -0.25) is 9.59 Å². The summed E-state index contributed by atoms with van der Waals surface area (Å²) in [5.74, 6) is 1.15. The highest BCUT2D eigenvalue weighted by molar-refractivity contribution is 8.00. The lowest BCUT2D eigenvalue weighted by Crippen LogP contribution is -2.37. The van der Waals surface area contributed by atoms with Crippen LogP contribution in [0.1, 0.15) is 11.1 Å². The molecule has 0 spiro atoms. The summed E-state index contributed by atoms with van der Waals surface area (Å²) < 4.78 is 0. The van der Waals surface area contributed by atoms with E-state index in [1.807, 2.05) is 32.0 Å². The molecule has 20 heavy (non-hydrogen) atoms. The number of carbonyl (C=O) groups excluding carboxylic acids is 1. The summed E-state index contributed by atoms with van der Waals surface area (Å²) in [5.41, 5.74) is 2.21. The van der Waals surface area contributed by atoms with Crippen molar-refractivity contribution in [1.82, 2.24) is 4.90 Å². The Balaban J connectivity index is 2.67. The number of rotatable bonds is 6.